The fraction of sp³-hybridized carbons (Fsp3) is 0.188. The van der Waals surface area contributed by atoms with Crippen molar-refractivity contribution in [3.05, 3.63) is 57.5 Å². The summed E-state index contributed by atoms with van der Waals surface area (Å²) in [6.45, 7) is 0. The Balaban J connectivity index is 2.35. The van der Waals surface area contributed by atoms with E-state index in [1.807, 2.05) is 6.07 Å². The van der Waals surface area contributed by atoms with E-state index in [-0.39, 0.29) is 22.9 Å². The molecule has 0 amide bonds. The van der Waals surface area contributed by atoms with Gasteiger partial charge in [-0.15, -0.1) is 0 Å². The van der Waals surface area contributed by atoms with Crippen molar-refractivity contribution in [2.45, 2.75) is 5.92 Å². The van der Waals surface area contributed by atoms with Gasteiger partial charge in [0.1, 0.15) is 11.6 Å². The number of benzene rings is 1. The number of para-hydroxylation sites is 1. The van der Waals surface area contributed by atoms with Crippen molar-refractivity contribution in [2.75, 3.05) is 14.2 Å². The third-order valence-corrected chi connectivity index (χ3v) is 3.77. The topological polar surface area (TPSA) is 123 Å². The lowest BCUT2D eigenvalue weighted by atomic mass is 9.84. The second-order valence-corrected chi connectivity index (χ2v) is 4.96. The van der Waals surface area contributed by atoms with Crippen LogP contribution in [0.4, 0.5) is 0 Å². The van der Waals surface area contributed by atoms with Gasteiger partial charge in [-0.05, 0) is 6.07 Å². The van der Waals surface area contributed by atoms with Crippen LogP contribution in [0.25, 0.3) is 0 Å². The van der Waals surface area contributed by atoms with E-state index in [1.54, 1.807) is 18.2 Å². The molecule has 24 heavy (non-hydrogen) atoms. The zero-order chi connectivity index (χ0) is 17.3. The molecule has 2 aromatic rings. The summed E-state index contributed by atoms with van der Waals surface area (Å²) in [5.41, 5.74) is 6.28. The Morgan fingerprint density at radius 3 is 2.83 bits per heavy atom. The van der Waals surface area contributed by atoms with Gasteiger partial charge >= 0.3 is 0 Å². The second-order valence-electron chi connectivity index (χ2n) is 4.96. The fourth-order valence-electron chi connectivity index (χ4n) is 2.75. The number of nitrogens with one attached hydrogen (secondary N) is 1. The molecular formula is C16H14N4O4. The number of hydrogen-bond acceptors (Lipinski definition) is 7. The predicted molar refractivity (Wildman–Crippen MR) is 83.7 cm³/mol. The van der Waals surface area contributed by atoms with Gasteiger partial charge < -0.3 is 24.9 Å². The SMILES string of the molecule is COc1cccc([C@H]2C(C#N)=C(N)Oc3nc[nH]c(=O)c32)c1OC. The number of allylic oxidation sites excluding steroid dienone is 1. The van der Waals surface area contributed by atoms with Crippen molar-refractivity contribution in [2.24, 2.45) is 5.73 Å². The number of nitrogens with zero attached hydrogens (tertiary/aromatic N) is 2. The molecule has 2 heterocycles. The Kier molecular flexibility index (Phi) is 3.83. The Morgan fingerprint density at radius 2 is 2.17 bits per heavy atom. The number of H-pyrrole nitrogens is 1. The van der Waals surface area contributed by atoms with Gasteiger partial charge in [0.05, 0.1) is 32.0 Å². The molecule has 122 valence electrons. The Hall–Kier alpha value is -3.47. The second kappa shape index (κ2) is 5.96. The summed E-state index contributed by atoms with van der Waals surface area (Å²) in [7, 11) is 2.98. The molecule has 0 radical (unpaired) electrons. The lowest BCUT2D eigenvalue weighted by Gasteiger charge is -2.26. The van der Waals surface area contributed by atoms with Gasteiger partial charge in [-0.25, -0.2) is 4.98 Å². The summed E-state index contributed by atoms with van der Waals surface area (Å²) < 4.78 is 16.1. The lowest BCUT2D eigenvalue weighted by molar-refractivity contribution is 0.347. The van der Waals surface area contributed by atoms with E-state index in [2.05, 4.69) is 9.97 Å². The number of rotatable bonds is 3. The van der Waals surface area contributed by atoms with Crippen LogP contribution in [0.3, 0.4) is 0 Å². The zero-order valence-electron chi connectivity index (χ0n) is 13.0. The molecule has 0 saturated carbocycles. The highest BCUT2D eigenvalue weighted by molar-refractivity contribution is 5.59. The van der Waals surface area contributed by atoms with Crippen LogP contribution in [0.1, 0.15) is 17.0 Å². The first-order valence-corrected chi connectivity index (χ1v) is 6.98. The van der Waals surface area contributed by atoms with Crippen LogP contribution in [-0.2, 0) is 0 Å². The van der Waals surface area contributed by atoms with E-state index in [0.29, 0.717) is 17.1 Å². The van der Waals surface area contributed by atoms with Crippen LogP contribution in [0, 0.1) is 11.3 Å². The number of ether oxygens (including phenoxy) is 3. The average Bonchev–Trinajstić information content (AvgIpc) is 2.59. The van der Waals surface area contributed by atoms with Crippen LogP contribution in [0.2, 0.25) is 0 Å². The van der Waals surface area contributed by atoms with Gasteiger partial charge in [0.25, 0.3) is 5.56 Å². The van der Waals surface area contributed by atoms with Crippen molar-refractivity contribution in [3.8, 4) is 23.4 Å². The van der Waals surface area contributed by atoms with Gasteiger partial charge in [-0.3, -0.25) is 4.79 Å². The van der Waals surface area contributed by atoms with Crippen molar-refractivity contribution in [3.63, 3.8) is 0 Å². The first kappa shape index (κ1) is 15.4. The number of nitriles is 1. The van der Waals surface area contributed by atoms with Crippen molar-refractivity contribution in [1.29, 1.82) is 5.26 Å². The predicted octanol–water partition coefficient (Wildman–Crippen LogP) is 1.01. The minimum Gasteiger partial charge on any atom is -0.493 e. The Morgan fingerprint density at radius 1 is 1.38 bits per heavy atom. The number of methoxy groups -OCH3 is 2. The Bertz CT molecular complexity index is 926. The van der Waals surface area contributed by atoms with E-state index >= 15 is 0 Å². The van der Waals surface area contributed by atoms with E-state index in [1.165, 1.54) is 20.5 Å². The number of nitrogens with two attached hydrogens (primary N) is 1. The summed E-state index contributed by atoms with van der Waals surface area (Å²) in [6.07, 6.45) is 1.21. The average molecular weight is 326 g/mol. The van der Waals surface area contributed by atoms with Crippen LogP contribution in [0.15, 0.2) is 40.8 Å². The van der Waals surface area contributed by atoms with E-state index in [0.717, 1.165) is 0 Å². The molecule has 1 aliphatic heterocycles. The van der Waals surface area contributed by atoms with E-state index < -0.39 is 11.5 Å². The van der Waals surface area contributed by atoms with Gasteiger partial charge in [-0.2, -0.15) is 5.26 Å². The fourth-order valence-corrected chi connectivity index (χ4v) is 2.75. The molecule has 3 rings (SSSR count). The number of aromatic amines is 1. The number of fused-ring (bicyclic) bond motifs is 1. The quantitative estimate of drug-likeness (QED) is 0.862. The number of hydrogen-bond donors (Lipinski definition) is 2. The molecule has 0 saturated heterocycles. The monoisotopic (exact) mass is 326 g/mol. The first-order chi connectivity index (χ1) is 11.6. The van der Waals surface area contributed by atoms with Gasteiger partial charge in [0.15, 0.2) is 11.5 Å². The molecule has 1 atom stereocenters. The van der Waals surface area contributed by atoms with E-state index in [9.17, 15) is 10.1 Å². The third kappa shape index (κ3) is 2.23. The van der Waals surface area contributed by atoms with Gasteiger partial charge in [0, 0.05) is 5.56 Å². The highest BCUT2D eigenvalue weighted by Gasteiger charge is 2.36. The van der Waals surface area contributed by atoms with Crippen LogP contribution < -0.4 is 25.5 Å². The maximum Gasteiger partial charge on any atom is 0.258 e. The molecule has 0 fully saturated rings. The summed E-state index contributed by atoms with van der Waals surface area (Å²) in [6, 6.07) is 7.20. The molecule has 0 aliphatic carbocycles. The molecule has 0 spiro atoms. The lowest BCUT2D eigenvalue weighted by Crippen LogP contribution is -2.28. The van der Waals surface area contributed by atoms with Crippen LogP contribution >= 0.6 is 0 Å². The summed E-state index contributed by atoms with van der Waals surface area (Å²) in [4.78, 5) is 18.8. The van der Waals surface area contributed by atoms with E-state index in [4.69, 9.17) is 19.9 Å². The highest BCUT2D eigenvalue weighted by Crippen LogP contribution is 2.44. The summed E-state index contributed by atoms with van der Waals surface area (Å²) in [5, 5.41) is 9.53. The molecule has 8 heteroatoms. The number of aromatic nitrogens is 2. The van der Waals surface area contributed by atoms with Crippen molar-refractivity contribution >= 4 is 0 Å². The van der Waals surface area contributed by atoms with Crippen LogP contribution in [0.5, 0.6) is 17.4 Å². The third-order valence-electron chi connectivity index (χ3n) is 3.77. The molecular weight excluding hydrogens is 312 g/mol. The Labute approximate surface area is 137 Å². The molecule has 8 nitrogen and oxygen atoms in total. The molecule has 1 aliphatic rings. The summed E-state index contributed by atoms with van der Waals surface area (Å²) >= 11 is 0. The maximum atomic E-state index is 12.3. The molecule has 0 unspecified atom stereocenters. The molecule has 1 aromatic heterocycles. The molecule has 1 aromatic carbocycles. The molecule has 3 N–H and O–H groups in total. The van der Waals surface area contributed by atoms with Crippen molar-refractivity contribution < 1.29 is 14.2 Å². The van der Waals surface area contributed by atoms with Gasteiger partial charge in [0.2, 0.25) is 11.8 Å². The van der Waals surface area contributed by atoms with Crippen LogP contribution in [-0.4, -0.2) is 24.2 Å². The van der Waals surface area contributed by atoms with Crippen molar-refractivity contribution in [1.82, 2.24) is 9.97 Å². The first-order valence-electron chi connectivity index (χ1n) is 6.98. The standard InChI is InChI=1S/C16H14N4O4/c1-22-10-5-3-4-8(13(10)23-2)11-9(6-17)14(18)24-16-12(11)15(21)19-7-20-16/h3-5,7,11H,18H2,1-2H3,(H,19,20,21)/t11-/m0/s1. The minimum absolute atomic E-state index is 0.0603. The summed E-state index contributed by atoms with van der Waals surface area (Å²) in [5.74, 6) is 0.0604. The smallest absolute Gasteiger partial charge is 0.258 e. The zero-order valence-corrected chi connectivity index (χ0v) is 13.0. The minimum atomic E-state index is -0.777. The largest absolute Gasteiger partial charge is 0.493 e. The maximum absolute atomic E-state index is 12.3. The van der Waals surface area contributed by atoms with Gasteiger partial charge in [-0.1, -0.05) is 12.1 Å². The normalized spacial score (nSPS) is 16.0. The highest BCUT2D eigenvalue weighted by atomic mass is 16.5. The molecule has 0 bridgehead atoms.